The molecule has 3 aromatic rings. The van der Waals surface area contributed by atoms with Crippen LogP contribution >= 0.6 is 23.1 Å². The van der Waals surface area contributed by atoms with Crippen LogP contribution in [0.5, 0.6) is 0 Å². The summed E-state index contributed by atoms with van der Waals surface area (Å²) in [6.45, 7) is 0.900. The zero-order chi connectivity index (χ0) is 17.9. The molecule has 0 atom stereocenters. The van der Waals surface area contributed by atoms with Gasteiger partial charge in [-0.2, -0.15) is 0 Å². The van der Waals surface area contributed by atoms with Crippen molar-refractivity contribution >= 4 is 40.6 Å². The van der Waals surface area contributed by atoms with Gasteiger partial charge in [-0.15, -0.1) is 23.1 Å². The molecule has 7 heteroatoms. The van der Waals surface area contributed by atoms with E-state index in [1.165, 1.54) is 11.8 Å². The molecule has 0 unspecified atom stereocenters. The van der Waals surface area contributed by atoms with Crippen molar-refractivity contribution in [3.63, 3.8) is 0 Å². The first-order valence-electron chi connectivity index (χ1n) is 8.10. The molecule has 1 aliphatic rings. The van der Waals surface area contributed by atoms with Crippen molar-refractivity contribution < 1.29 is 14.0 Å². The van der Waals surface area contributed by atoms with Gasteiger partial charge in [0.25, 0.3) is 5.91 Å². The summed E-state index contributed by atoms with van der Waals surface area (Å²) in [7, 11) is 0. The second-order valence-electron chi connectivity index (χ2n) is 5.87. The van der Waals surface area contributed by atoms with Gasteiger partial charge in [0.05, 0.1) is 30.8 Å². The number of nitrogens with zero attached hydrogens (tertiary/aromatic N) is 1. The summed E-state index contributed by atoms with van der Waals surface area (Å²) in [4.78, 5) is 28.6. The molecule has 132 valence electrons. The Morgan fingerprint density at radius 2 is 2.12 bits per heavy atom. The number of amides is 2. The number of benzene rings is 1. The van der Waals surface area contributed by atoms with Crippen molar-refractivity contribution in [2.24, 2.45) is 0 Å². The number of carbonyl (C=O) groups excluding carboxylic acids is 2. The summed E-state index contributed by atoms with van der Waals surface area (Å²) >= 11 is 3.10. The van der Waals surface area contributed by atoms with Crippen LogP contribution in [0.2, 0.25) is 0 Å². The highest BCUT2D eigenvalue weighted by Crippen LogP contribution is 2.32. The van der Waals surface area contributed by atoms with E-state index in [4.69, 9.17) is 4.42 Å². The first-order valence-corrected chi connectivity index (χ1v) is 9.96. The highest BCUT2D eigenvalue weighted by Gasteiger charge is 2.21. The Labute approximate surface area is 159 Å². The molecule has 4 rings (SSSR count). The summed E-state index contributed by atoms with van der Waals surface area (Å²) in [6.07, 6.45) is 1.61. The van der Waals surface area contributed by atoms with E-state index in [2.05, 4.69) is 5.32 Å². The van der Waals surface area contributed by atoms with Gasteiger partial charge in [-0.3, -0.25) is 9.59 Å². The molecule has 2 aromatic heterocycles. The van der Waals surface area contributed by atoms with Crippen LogP contribution in [0.1, 0.15) is 21.0 Å². The van der Waals surface area contributed by atoms with Crippen LogP contribution in [0, 0.1) is 0 Å². The third-order valence-corrected chi connectivity index (χ3v) is 5.93. The molecule has 0 radical (unpaired) electrons. The maximum absolute atomic E-state index is 13.1. The average molecular weight is 384 g/mol. The van der Waals surface area contributed by atoms with Crippen molar-refractivity contribution in [2.45, 2.75) is 18.0 Å². The number of thiophene rings is 1. The Hall–Kier alpha value is -2.51. The second kappa shape index (κ2) is 7.39. The number of thioether (sulfide) groups is 1. The minimum atomic E-state index is -0.0950. The van der Waals surface area contributed by atoms with Crippen LogP contribution in [0.15, 0.2) is 63.4 Å². The maximum atomic E-state index is 13.1. The third kappa shape index (κ3) is 3.68. The molecule has 0 fully saturated rings. The van der Waals surface area contributed by atoms with Gasteiger partial charge in [-0.1, -0.05) is 6.07 Å². The normalized spacial score (nSPS) is 13.2. The van der Waals surface area contributed by atoms with Crippen molar-refractivity contribution in [3.8, 4) is 0 Å². The minimum absolute atomic E-state index is 0.0434. The number of hydrogen-bond donors (Lipinski definition) is 1. The Morgan fingerprint density at radius 1 is 1.19 bits per heavy atom. The first kappa shape index (κ1) is 16.9. The summed E-state index contributed by atoms with van der Waals surface area (Å²) in [5.41, 5.74) is 1.25. The molecule has 3 heterocycles. The van der Waals surface area contributed by atoms with Gasteiger partial charge in [0.2, 0.25) is 5.91 Å². The smallest absolute Gasteiger partial charge is 0.254 e. The Kier molecular flexibility index (Phi) is 4.81. The fourth-order valence-corrected chi connectivity index (χ4v) is 4.29. The zero-order valence-corrected chi connectivity index (χ0v) is 15.4. The van der Waals surface area contributed by atoms with E-state index < -0.39 is 0 Å². The SMILES string of the molecule is O=C1CSc2ccc(C(=O)N(Cc3ccco3)Cc3cccs3)cc2N1. The molecule has 0 aliphatic carbocycles. The largest absolute Gasteiger partial charge is 0.467 e. The molecule has 1 aliphatic heterocycles. The van der Waals surface area contributed by atoms with Gasteiger partial charge >= 0.3 is 0 Å². The Balaban J connectivity index is 1.61. The second-order valence-corrected chi connectivity index (χ2v) is 7.92. The van der Waals surface area contributed by atoms with Crippen molar-refractivity contribution in [1.29, 1.82) is 0 Å². The van der Waals surface area contributed by atoms with Gasteiger partial charge in [0, 0.05) is 15.3 Å². The lowest BCUT2D eigenvalue weighted by atomic mass is 10.1. The van der Waals surface area contributed by atoms with Crippen molar-refractivity contribution in [2.75, 3.05) is 11.1 Å². The fraction of sp³-hybridized carbons (Fsp3) is 0.158. The highest BCUT2D eigenvalue weighted by atomic mass is 32.2. The molecule has 2 amide bonds. The lowest BCUT2D eigenvalue weighted by molar-refractivity contribution is -0.113. The van der Waals surface area contributed by atoms with Crippen LogP contribution in [0.25, 0.3) is 0 Å². The maximum Gasteiger partial charge on any atom is 0.254 e. The van der Waals surface area contributed by atoms with E-state index in [-0.39, 0.29) is 11.8 Å². The van der Waals surface area contributed by atoms with Crippen molar-refractivity contribution in [3.05, 3.63) is 70.3 Å². The molecule has 0 bridgehead atoms. The van der Waals surface area contributed by atoms with Crippen LogP contribution in [0.3, 0.4) is 0 Å². The first-order chi connectivity index (χ1) is 12.7. The van der Waals surface area contributed by atoms with Crippen LogP contribution in [-0.2, 0) is 17.9 Å². The molecule has 26 heavy (non-hydrogen) atoms. The van der Waals surface area contributed by atoms with Gasteiger partial charge < -0.3 is 14.6 Å². The molecule has 0 spiro atoms. The summed E-state index contributed by atoms with van der Waals surface area (Å²) in [6, 6.07) is 13.1. The van der Waals surface area contributed by atoms with E-state index in [0.717, 1.165) is 15.5 Å². The third-order valence-electron chi connectivity index (χ3n) is 4.00. The number of nitrogens with one attached hydrogen (secondary N) is 1. The Morgan fingerprint density at radius 3 is 2.88 bits per heavy atom. The number of anilines is 1. The fourth-order valence-electron chi connectivity index (χ4n) is 2.78. The van der Waals surface area contributed by atoms with Crippen LogP contribution < -0.4 is 5.32 Å². The van der Waals surface area contributed by atoms with Crippen molar-refractivity contribution in [1.82, 2.24) is 4.90 Å². The van der Waals surface area contributed by atoms with Gasteiger partial charge in [0.15, 0.2) is 0 Å². The number of carbonyl (C=O) groups is 2. The van der Waals surface area contributed by atoms with E-state index in [0.29, 0.717) is 30.1 Å². The predicted molar refractivity (Wildman–Crippen MR) is 102 cm³/mol. The lowest BCUT2D eigenvalue weighted by Gasteiger charge is -2.23. The molecule has 1 N–H and O–H groups in total. The molecule has 1 aromatic carbocycles. The zero-order valence-electron chi connectivity index (χ0n) is 13.8. The molecule has 0 saturated heterocycles. The molecule has 5 nitrogen and oxygen atoms in total. The Bertz CT molecular complexity index is 884. The minimum Gasteiger partial charge on any atom is -0.467 e. The number of fused-ring (bicyclic) bond motifs is 1. The lowest BCUT2D eigenvalue weighted by Crippen LogP contribution is -2.30. The molecular weight excluding hydrogens is 368 g/mol. The van der Waals surface area contributed by atoms with E-state index in [9.17, 15) is 9.59 Å². The topological polar surface area (TPSA) is 62.6 Å². The number of rotatable bonds is 5. The summed E-state index contributed by atoms with van der Waals surface area (Å²) in [5.74, 6) is 1.00. The van der Waals surface area contributed by atoms with Gasteiger partial charge in [-0.25, -0.2) is 0 Å². The number of hydrogen-bond acceptors (Lipinski definition) is 5. The highest BCUT2D eigenvalue weighted by molar-refractivity contribution is 8.00. The summed E-state index contributed by atoms with van der Waals surface area (Å²) in [5, 5.41) is 4.83. The average Bonchev–Trinajstić information content (AvgIpc) is 3.34. The van der Waals surface area contributed by atoms with Crippen LogP contribution in [0.4, 0.5) is 5.69 Å². The predicted octanol–water partition coefficient (Wildman–Crippen LogP) is 4.23. The van der Waals surface area contributed by atoms with Gasteiger partial charge in [-0.05, 0) is 41.8 Å². The summed E-state index contributed by atoms with van der Waals surface area (Å²) < 4.78 is 5.42. The van der Waals surface area contributed by atoms with Gasteiger partial charge in [0.1, 0.15) is 5.76 Å². The van der Waals surface area contributed by atoms with Crippen LogP contribution in [-0.4, -0.2) is 22.5 Å². The number of furan rings is 1. The monoisotopic (exact) mass is 384 g/mol. The standard InChI is InChI=1S/C19H16N2O3S2/c22-18-12-26-17-6-5-13(9-16(17)20-18)19(23)21(10-14-3-1-7-24-14)11-15-4-2-8-25-15/h1-9H,10-12H2,(H,20,22). The van der Waals surface area contributed by atoms with E-state index >= 15 is 0 Å². The molecular formula is C19H16N2O3S2. The molecule has 0 saturated carbocycles. The van der Waals surface area contributed by atoms with E-state index in [1.807, 2.05) is 41.8 Å². The van der Waals surface area contributed by atoms with E-state index in [1.54, 1.807) is 28.6 Å². The quantitative estimate of drug-likeness (QED) is 0.715.